The second-order valence-electron chi connectivity index (χ2n) is 5.87. The number of thiophene rings is 1. The summed E-state index contributed by atoms with van der Waals surface area (Å²) in [5, 5.41) is 3.45. The fourth-order valence-electron chi connectivity index (χ4n) is 2.91. The monoisotopic (exact) mass is 428 g/mol. The van der Waals surface area contributed by atoms with Crippen molar-refractivity contribution in [1.82, 2.24) is 19.2 Å². The minimum absolute atomic E-state index is 0.275. The zero-order chi connectivity index (χ0) is 19.2. The lowest BCUT2D eigenvalue weighted by atomic mass is 10.0. The lowest BCUT2D eigenvalue weighted by Gasteiger charge is -2.31. The average Bonchev–Trinajstić information content (AvgIpc) is 3.06. The summed E-state index contributed by atoms with van der Waals surface area (Å²) in [4.78, 5) is 26.1. The zero-order valence-corrected chi connectivity index (χ0v) is 15.7. The number of rotatable bonds is 2. The molecule has 3 rings (SSSR count). The van der Waals surface area contributed by atoms with Gasteiger partial charge in [-0.25, -0.2) is 9.48 Å². The van der Waals surface area contributed by atoms with E-state index < -0.39 is 23.7 Å². The highest BCUT2D eigenvalue weighted by molar-refractivity contribution is 7.20. The van der Waals surface area contributed by atoms with Crippen molar-refractivity contribution in [3.63, 3.8) is 0 Å². The molecule has 2 aromatic heterocycles. The molecule has 26 heavy (non-hydrogen) atoms. The molecular weight excluding hydrogens is 416 g/mol. The normalized spacial score (nSPS) is 16.3. The van der Waals surface area contributed by atoms with Crippen LogP contribution in [0.4, 0.5) is 13.2 Å². The van der Waals surface area contributed by atoms with E-state index in [4.69, 9.17) is 23.2 Å². The van der Waals surface area contributed by atoms with E-state index in [0.29, 0.717) is 27.3 Å². The molecule has 6 nitrogen and oxygen atoms in total. The predicted molar refractivity (Wildman–Crippen MR) is 91.0 cm³/mol. The molecule has 0 atom stereocenters. The number of piperidine rings is 1. The van der Waals surface area contributed by atoms with E-state index in [-0.39, 0.29) is 23.3 Å². The van der Waals surface area contributed by atoms with Gasteiger partial charge in [-0.3, -0.25) is 9.36 Å². The average molecular weight is 429 g/mol. The van der Waals surface area contributed by atoms with Gasteiger partial charge in [0.15, 0.2) is 0 Å². The van der Waals surface area contributed by atoms with Crippen LogP contribution in [0.15, 0.2) is 10.9 Å². The Morgan fingerprint density at radius 3 is 2.38 bits per heavy atom. The molecule has 0 aliphatic carbocycles. The van der Waals surface area contributed by atoms with E-state index in [0.717, 1.165) is 23.1 Å². The maximum absolute atomic E-state index is 12.9. The lowest BCUT2D eigenvalue weighted by molar-refractivity contribution is -0.147. The van der Waals surface area contributed by atoms with Crippen molar-refractivity contribution in [1.29, 1.82) is 0 Å². The van der Waals surface area contributed by atoms with E-state index in [9.17, 15) is 22.8 Å². The molecule has 0 spiro atoms. The standard InChI is InChI=1S/C14H13Cl2F3N4O2S/c1-21-12(14(17,18)19)20-23(13(21)25)7-2-4-22(5-3-7)11(24)8-6-9(15)26-10(8)16/h6-7H,2-5H2,1H3. The van der Waals surface area contributed by atoms with Gasteiger partial charge in [0.2, 0.25) is 5.82 Å². The molecule has 3 heterocycles. The van der Waals surface area contributed by atoms with Crippen molar-refractivity contribution < 1.29 is 18.0 Å². The van der Waals surface area contributed by atoms with Crippen molar-refractivity contribution in [3.05, 3.63) is 36.6 Å². The number of halogens is 5. The summed E-state index contributed by atoms with van der Waals surface area (Å²) in [7, 11) is 1.04. The van der Waals surface area contributed by atoms with Gasteiger partial charge in [-0.2, -0.15) is 13.2 Å². The first kappa shape index (κ1) is 19.2. The van der Waals surface area contributed by atoms with Crippen molar-refractivity contribution in [3.8, 4) is 0 Å². The number of alkyl halides is 3. The summed E-state index contributed by atoms with van der Waals surface area (Å²) in [6.45, 7) is 0.551. The summed E-state index contributed by atoms with van der Waals surface area (Å²) >= 11 is 12.9. The Bertz CT molecular complexity index is 897. The fraction of sp³-hybridized carbons (Fsp3) is 0.500. The number of nitrogens with zero attached hydrogens (tertiary/aromatic N) is 4. The molecular formula is C14H13Cl2F3N4O2S. The summed E-state index contributed by atoms with van der Waals surface area (Å²) in [5.74, 6) is -1.53. The maximum Gasteiger partial charge on any atom is 0.451 e. The largest absolute Gasteiger partial charge is 0.451 e. The van der Waals surface area contributed by atoms with Crippen LogP contribution in [0.25, 0.3) is 0 Å². The highest BCUT2D eigenvalue weighted by Gasteiger charge is 2.39. The number of amides is 1. The van der Waals surface area contributed by atoms with Crippen LogP contribution in [0, 0.1) is 0 Å². The van der Waals surface area contributed by atoms with Gasteiger partial charge in [-0.1, -0.05) is 23.2 Å². The number of likely N-dealkylation sites (tertiary alicyclic amines) is 1. The third-order valence-corrected chi connectivity index (χ3v) is 5.73. The highest BCUT2D eigenvalue weighted by atomic mass is 35.5. The minimum Gasteiger partial charge on any atom is -0.338 e. The number of carbonyl (C=O) groups is 1. The third-order valence-electron chi connectivity index (χ3n) is 4.24. The first-order chi connectivity index (χ1) is 12.1. The zero-order valence-electron chi connectivity index (χ0n) is 13.4. The molecule has 2 aromatic rings. The molecule has 0 radical (unpaired) electrons. The van der Waals surface area contributed by atoms with E-state index in [2.05, 4.69) is 5.10 Å². The molecule has 1 aliphatic heterocycles. The quantitative estimate of drug-likeness (QED) is 0.735. The number of aromatic nitrogens is 3. The Labute approximate surface area is 159 Å². The molecule has 1 aliphatic rings. The van der Waals surface area contributed by atoms with Crippen molar-refractivity contribution >= 4 is 40.4 Å². The van der Waals surface area contributed by atoms with Gasteiger partial charge >= 0.3 is 11.9 Å². The van der Waals surface area contributed by atoms with Gasteiger partial charge in [0.25, 0.3) is 5.91 Å². The highest BCUT2D eigenvalue weighted by Crippen LogP contribution is 2.33. The molecule has 0 bridgehead atoms. The van der Waals surface area contributed by atoms with Gasteiger partial charge in [0.05, 0.1) is 15.9 Å². The van der Waals surface area contributed by atoms with Crippen molar-refractivity contribution in [2.24, 2.45) is 7.05 Å². The van der Waals surface area contributed by atoms with Crippen molar-refractivity contribution in [2.75, 3.05) is 13.1 Å². The first-order valence-corrected chi connectivity index (χ1v) is 9.13. The molecule has 1 saturated heterocycles. The summed E-state index contributed by atoms with van der Waals surface area (Å²) in [6.07, 6.45) is -4.07. The Balaban J connectivity index is 1.74. The van der Waals surface area contributed by atoms with Gasteiger partial charge in [-0.15, -0.1) is 16.4 Å². The number of hydrogen-bond donors (Lipinski definition) is 0. The molecule has 142 valence electrons. The topological polar surface area (TPSA) is 60.1 Å². The summed E-state index contributed by atoms with van der Waals surface area (Å²) in [5.41, 5.74) is -0.524. The van der Waals surface area contributed by atoms with Gasteiger partial charge in [0.1, 0.15) is 4.34 Å². The molecule has 0 N–H and O–H groups in total. The molecule has 1 amide bonds. The van der Waals surface area contributed by atoms with Crippen LogP contribution in [0.2, 0.25) is 8.67 Å². The molecule has 0 aromatic carbocycles. The summed E-state index contributed by atoms with van der Waals surface area (Å²) < 4.78 is 40.7. The molecule has 0 unspecified atom stereocenters. The fourth-order valence-corrected chi connectivity index (χ4v) is 4.36. The Morgan fingerprint density at radius 2 is 1.92 bits per heavy atom. The van der Waals surface area contributed by atoms with Crippen molar-refractivity contribution in [2.45, 2.75) is 25.1 Å². The number of carbonyl (C=O) groups excluding carboxylic acids is 1. The van der Waals surface area contributed by atoms with Gasteiger partial charge in [-0.05, 0) is 18.9 Å². The number of hydrogen-bond acceptors (Lipinski definition) is 4. The second kappa shape index (κ2) is 6.90. The van der Waals surface area contributed by atoms with E-state index >= 15 is 0 Å². The second-order valence-corrected chi connectivity index (χ2v) is 8.15. The maximum atomic E-state index is 12.9. The smallest absolute Gasteiger partial charge is 0.338 e. The van der Waals surface area contributed by atoms with Crippen LogP contribution in [0.3, 0.4) is 0 Å². The van der Waals surface area contributed by atoms with E-state index in [1.807, 2.05) is 0 Å². The first-order valence-electron chi connectivity index (χ1n) is 7.56. The van der Waals surface area contributed by atoms with E-state index in [1.165, 1.54) is 6.07 Å². The van der Waals surface area contributed by atoms with Crippen LogP contribution < -0.4 is 5.69 Å². The van der Waals surface area contributed by atoms with Gasteiger partial charge < -0.3 is 4.90 Å². The minimum atomic E-state index is -4.70. The van der Waals surface area contributed by atoms with Crippen LogP contribution >= 0.6 is 34.5 Å². The lowest BCUT2D eigenvalue weighted by Crippen LogP contribution is -2.41. The Kier molecular flexibility index (Phi) is 5.11. The Morgan fingerprint density at radius 1 is 1.31 bits per heavy atom. The molecule has 12 heteroatoms. The van der Waals surface area contributed by atoms with E-state index in [1.54, 1.807) is 4.90 Å². The van der Waals surface area contributed by atoms with Crippen LogP contribution in [0.5, 0.6) is 0 Å². The molecule has 1 fully saturated rings. The van der Waals surface area contributed by atoms with Gasteiger partial charge in [0, 0.05) is 20.1 Å². The van der Waals surface area contributed by atoms with Crippen LogP contribution in [0.1, 0.15) is 35.1 Å². The third kappa shape index (κ3) is 3.49. The SMILES string of the molecule is Cn1c(C(F)(F)F)nn(C2CCN(C(=O)c3cc(Cl)sc3Cl)CC2)c1=O. The summed E-state index contributed by atoms with van der Waals surface area (Å²) in [6, 6.07) is 0.984. The van der Waals surface area contributed by atoms with Crippen LogP contribution in [-0.4, -0.2) is 38.2 Å². The molecule has 0 saturated carbocycles. The predicted octanol–water partition coefficient (Wildman–Crippen LogP) is 3.45. The Hall–Kier alpha value is -1.52. The van der Waals surface area contributed by atoms with Crippen LogP contribution in [-0.2, 0) is 13.2 Å².